The number of nitrogens with zero attached hydrogens (tertiary/aromatic N) is 1. The highest BCUT2D eigenvalue weighted by Crippen LogP contribution is 2.32. The third-order valence-electron chi connectivity index (χ3n) is 3.19. The first kappa shape index (κ1) is 13.6. The van der Waals surface area contributed by atoms with E-state index < -0.39 is 0 Å². The molecule has 1 heterocycles. The van der Waals surface area contributed by atoms with Crippen molar-refractivity contribution in [2.24, 2.45) is 0 Å². The van der Waals surface area contributed by atoms with Gasteiger partial charge in [0.25, 0.3) is 5.56 Å². The number of thioether (sulfide) groups is 1. The lowest BCUT2D eigenvalue weighted by atomic mass is 10.2. The monoisotopic (exact) mass is 267 g/mol. The minimum absolute atomic E-state index is 0.0522. The number of aryl methyl sites for hydroxylation is 1. The molecule has 2 unspecified atom stereocenters. The van der Waals surface area contributed by atoms with Crippen molar-refractivity contribution in [3.8, 4) is 0 Å². The third kappa shape index (κ3) is 3.85. The Bertz CT molecular complexity index is 446. The predicted molar refractivity (Wildman–Crippen MR) is 75.2 cm³/mol. The Kier molecular flexibility index (Phi) is 4.83. The molecule has 0 spiro atoms. The fraction of sp³-hybridized carbons (Fsp3) is 0.692. The van der Waals surface area contributed by atoms with Gasteiger partial charge in [-0.15, -0.1) is 0 Å². The van der Waals surface area contributed by atoms with Gasteiger partial charge in [0.05, 0.1) is 0 Å². The van der Waals surface area contributed by atoms with Crippen LogP contribution in [-0.4, -0.2) is 27.8 Å². The molecule has 0 saturated heterocycles. The van der Waals surface area contributed by atoms with Crippen molar-refractivity contribution in [2.75, 3.05) is 6.54 Å². The summed E-state index contributed by atoms with van der Waals surface area (Å²) in [6.07, 6.45) is 4.78. The van der Waals surface area contributed by atoms with Crippen LogP contribution in [0.2, 0.25) is 0 Å². The van der Waals surface area contributed by atoms with Crippen LogP contribution in [0.4, 0.5) is 0 Å². The molecular formula is C13H21N3OS. The number of aromatic amines is 1. The topological polar surface area (TPSA) is 57.8 Å². The molecule has 18 heavy (non-hydrogen) atoms. The summed E-state index contributed by atoms with van der Waals surface area (Å²) in [7, 11) is 0. The SMILES string of the molecule is CCCNC1CCC(Sc2nc(C)cc(=O)[nH]2)C1. The van der Waals surface area contributed by atoms with Crippen molar-refractivity contribution in [1.29, 1.82) is 0 Å². The van der Waals surface area contributed by atoms with Gasteiger partial charge in [-0.05, 0) is 39.2 Å². The minimum Gasteiger partial charge on any atom is -0.314 e. The van der Waals surface area contributed by atoms with Crippen molar-refractivity contribution in [2.45, 2.75) is 56.0 Å². The molecule has 2 atom stereocenters. The van der Waals surface area contributed by atoms with E-state index in [1.54, 1.807) is 11.8 Å². The maximum absolute atomic E-state index is 11.4. The number of rotatable bonds is 5. The van der Waals surface area contributed by atoms with Gasteiger partial charge in [0.2, 0.25) is 0 Å². The summed E-state index contributed by atoms with van der Waals surface area (Å²) < 4.78 is 0. The zero-order valence-electron chi connectivity index (χ0n) is 11.0. The summed E-state index contributed by atoms with van der Waals surface area (Å²) >= 11 is 1.71. The highest BCUT2D eigenvalue weighted by Gasteiger charge is 2.25. The summed E-state index contributed by atoms with van der Waals surface area (Å²) in [5.74, 6) is 0. The van der Waals surface area contributed by atoms with Crippen LogP contribution in [0, 0.1) is 6.92 Å². The summed E-state index contributed by atoms with van der Waals surface area (Å²) in [5.41, 5.74) is 0.739. The van der Waals surface area contributed by atoms with E-state index in [2.05, 4.69) is 22.2 Å². The lowest BCUT2D eigenvalue weighted by molar-refractivity contribution is 0.524. The average Bonchev–Trinajstić information content (AvgIpc) is 2.72. The Labute approximate surface area is 112 Å². The smallest absolute Gasteiger partial charge is 0.251 e. The highest BCUT2D eigenvalue weighted by atomic mass is 32.2. The van der Waals surface area contributed by atoms with E-state index in [-0.39, 0.29) is 5.56 Å². The first-order valence-electron chi connectivity index (χ1n) is 6.65. The predicted octanol–water partition coefficient (Wildman–Crippen LogP) is 2.09. The molecule has 1 aliphatic rings. The van der Waals surface area contributed by atoms with E-state index in [1.165, 1.54) is 31.7 Å². The second-order valence-electron chi connectivity index (χ2n) is 4.90. The largest absolute Gasteiger partial charge is 0.314 e. The molecule has 0 aliphatic heterocycles. The fourth-order valence-electron chi connectivity index (χ4n) is 2.35. The van der Waals surface area contributed by atoms with Crippen molar-refractivity contribution in [1.82, 2.24) is 15.3 Å². The molecule has 1 aliphatic carbocycles. The lowest BCUT2D eigenvalue weighted by Gasteiger charge is -2.12. The summed E-state index contributed by atoms with van der Waals surface area (Å²) in [5, 5.41) is 4.90. The molecule has 0 amide bonds. The normalized spacial score (nSPS) is 23.4. The van der Waals surface area contributed by atoms with Crippen LogP contribution in [0.15, 0.2) is 16.0 Å². The third-order valence-corrected chi connectivity index (χ3v) is 4.37. The molecule has 5 heteroatoms. The molecule has 0 radical (unpaired) electrons. The van der Waals surface area contributed by atoms with Gasteiger partial charge >= 0.3 is 0 Å². The standard InChI is InChI=1S/C13H21N3OS/c1-3-6-14-10-4-5-11(8-10)18-13-15-9(2)7-12(17)16-13/h7,10-11,14H,3-6,8H2,1-2H3,(H,15,16,17). The molecule has 100 valence electrons. The van der Waals surface area contributed by atoms with Crippen molar-refractivity contribution >= 4 is 11.8 Å². The molecule has 1 saturated carbocycles. The Morgan fingerprint density at radius 1 is 1.56 bits per heavy atom. The van der Waals surface area contributed by atoms with Gasteiger partial charge < -0.3 is 10.3 Å². The van der Waals surface area contributed by atoms with E-state index in [4.69, 9.17) is 0 Å². The van der Waals surface area contributed by atoms with Gasteiger partial charge in [0.1, 0.15) is 0 Å². The van der Waals surface area contributed by atoms with E-state index in [9.17, 15) is 4.79 Å². The van der Waals surface area contributed by atoms with Crippen LogP contribution in [-0.2, 0) is 0 Å². The molecular weight excluding hydrogens is 246 g/mol. The lowest BCUT2D eigenvalue weighted by Crippen LogP contribution is -2.27. The van der Waals surface area contributed by atoms with Crippen molar-refractivity contribution < 1.29 is 0 Å². The fourth-order valence-corrected chi connectivity index (χ4v) is 3.60. The van der Waals surface area contributed by atoms with Crippen molar-refractivity contribution in [3.63, 3.8) is 0 Å². The Hall–Kier alpha value is -0.810. The van der Waals surface area contributed by atoms with Gasteiger partial charge in [-0.2, -0.15) is 0 Å². The number of aromatic nitrogens is 2. The summed E-state index contributed by atoms with van der Waals surface area (Å²) in [6.45, 7) is 5.15. The quantitative estimate of drug-likeness (QED) is 0.802. The molecule has 2 rings (SSSR count). The molecule has 1 fully saturated rings. The van der Waals surface area contributed by atoms with Gasteiger partial charge in [-0.3, -0.25) is 4.79 Å². The first-order chi connectivity index (χ1) is 8.67. The summed E-state index contributed by atoms with van der Waals surface area (Å²) in [4.78, 5) is 18.5. The molecule has 1 aromatic rings. The van der Waals surface area contributed by atoms with E-state index in [1.807, 2.05) is 6.92 Å². The van der Waals surface area contributed by atoms with Crippen LogP contribution >= 0.6 is 11.8 Å². The van der Waals surface area contributed by atoms with E-state index in [0.717, 1.165) is 17.4 Å². The number of hydrogen-bond donors (Lipinski definition) is 2. The minimum atomic E-state index is -0.0522. The van der Waals surface area contributed by atoms with E-state index in [0.29, 0.717) is 11.3 Å². The maximum Gasteiger partial charge on any atom is 0.251 e. The van der Waals surface area contributed by atoms with Crippen LogP contribution in [0.1, 0.15) is 38.3 Å². The molecule has 0 bridgehead atoms. The Morgan fingerprint density at radius 2 is 2.39 bits per heavy atom. The second kappa shape index (κ2) is 6.38. The number of H-pyrrole nitrogens is 1. The van der Waals surface area contributed by atoms with Crippen LogP contribution < -0.4 is 10.9 Å². The van der Waals surface area contributed by atoms with Crippen LogP contribution in [0.5, 0.6) is 0 Å². The van der Waals surface area contributed by atoms with Gasteiger partial charge in [0.15, 0.2) is 5.16 Å². The van der Waals surface area contributed by atoms with Crippen LogP contribution in [0.25, 0.3) is 0 Å². The van der Waals surface area contributed by atoms with Gasteiger partial charge in [-0.1, -0.05) is 18.7 Å². The summed E-state index contributed by atoms with van der Waals surface area (Å²) in [6, 6.07) is 2.17. The number of nitrogens with one attached hydrogen (secondary N) is 2. The van der Waals surface area contributed by atoms with E-state index >= 15 is 0 Å². The molecule has 4 nitrogen and oxygen atoms in total. The second-order valence-corrected chi connectivity index (χ2v) is 6.18. The van der Waals surface area contributed by atoms with Crippen LogP contribution in [0.3, 0.4) is 0 Å². The maximum atomic E-state index is 11.4. The Balaban J connectivity index is 1.89. The molecule has 0 aromatic carbocycles. The average molecular weight is 267 g/mol. The highest BCUT2D eigenvalue weighted by molar-refractivity contribution is 7.99. The van der Waals surface area contributed by atoms with Gasteiger partial charge in [-0.25, -0.2) is 4.98 Å². The molecule has 1 aromatic heterocycles. The zero-order valence-corrected chi connectivity index (χ0v) is 11.8. The van der Waals surface area contributed by atoms with Gasteiger partial charge in [0, 0.05) is 23.1 Å². The zero-order chi connectivity index (χ0) is 13.0. The molecule has 2 N–H and O–H groups in total. The number of hydrogen-bond acceptors (Lipinski definition) is 4. The Morgan fingerprint density at radius 3 is 3.11 bits per heavy atom. The first-order valence-corrected chi connectivity index (χ1v) is 7.53. The van der Waals surface area contributed by atoms with Crippen molar-refractivity contribution in [3.05, 3.63) is 22.1 Å².